The van der Waals surface area contributed by atoms with E-state index in [0.29, 0.717) is 5.56 Å². The molecule has 2 aromatic carbocycles. The predicted octanol–water partition coefficient (Wildman–Crippen LogP) is 4.28. The lowest BCUT2D eigenvalue weighted by molar-refractivity contribution is 0.102. The summed E-state index contributed by atoms with van der Waals surface area (Å²) in [5.74, 6) is -0.166. The van der Waals surface area contributed by atoms with Gasteiger partial charge in [0.15, 0.2) is 0 Å². The molecule has 0 aliphatic heterocycles. The molecule has 0 spiro atoms. The summed E-state index contributed by atoms with van der Waals surface area (Å²) in [7, 11) is 0. The first-order valence-corrected chi connectivity index (χ1v) is 8.89. The van der Waals surface area contributed by atoms with Crippen LogP contribution >= 0.6 is 0 Å². The fraction of sp³-hybridized carbons (Fsp3) is 0.238. The number of nitrogens with zero attached hydrogens (tertiary/aromatic N) is 3. The summed E-state index contributed by atoms with van der Waals surface area (Å²) >= 11 is 0. The van der Waals surface area contributed by atoms with E-state index in [2.05, 4.69) is 29.2 Å². The molecule has 1 aromatic heterocycles. The van der Waals surface area contributed by atoms with Gasteiger partial charge in [-0.2, -0.15) is 5.10 Å². The zero-order valence-corrected chi connectivity index (χ0v) is 15.4. The molecule has 0 fully saturated rings. The van der Waals surface area contributed by atoms with Gasteiger partial charge in [0, 0.05) is 30.7 Å². The Morgan fingerprint density at radius 1 is 1.08 bits per heavy atom. The van der Waals surface area contributed by atoms with E-state index in [-0.39, 0.29) is 5.91 Å². The van der Waals surface area contributed by atoms with Crippen molar-refractivity contribution in [3.05, 3.63) is 72.1 Å². The molecule has 3 rings (SSSR count). The molecule has 5 heteroatoms. The minimum atomic E-state index is -0.166. The molecule has 26 heavy (non-hydrogen) atoms. The lowest BCUT2D eigenvalue weighted by atomic mass is 10.2. The largest absolute Gasteiger partial charge is 0.372 e. The monoisotopic (exact) mass is 348 g/mol. The number of carbonyl (C=O) groups is 1. The second-order valence-corrected chi connectivity index (χ2v) is 6.13. The molecule has 0 unspecified atom stereocenters. The molecule has 0 atom stereocenters. The maximum absolute atomic E-state index is 12.5. The number of rotatable bonds is 6. The van der Waals surface area contributed by atoms with E-state index >= 15 is 0 Å². The number of benzene rings is 2. The minimum absolute atomic E-state index is 0.166. The van der Waals surface area contributed by atoms with Gasteiger partial charge in [0.05, 0.1) is 17.4 Å². The minimum Gasteiger partial charge on any atom is -0.372 e. The van der Waals surface area contributed by atoms with Crippen molar-refractivity contribution in [2.75, 3.05) is 23.3 Å². The first kappa shape index (κ1) is 17.7. The van der Waals surface area contributed by atoms with Crippen LogP contribution in [-0.4, -0.2) is 28.8 Å². The number of aromatic nitrogens is 2. The highest BCUT2D eigenvalue weighted by Gasteiger charge is 2.11. The van der Waals surface area contributed by atoms with Crippen molar-refractivity contribution in [1.82, 2.24) is 9.78 Å². The number of anilines is 2. The van der Waals surface area contributed by atoms with Crippen LogP contribution in [0.3, 0.4) is 0 Å². The van der Waals surface area contributed by atoms with Crippen LogP contribution in [0.1, 0.15) is 29.8 Å². The van der Waals surface area contributed by atoms with Gasteiger partial charge in [-0.1, -0.05) is 18.2 Å². The first-order valence-electron chi connectivity index (χ1n) is 8.89. The van der Waals surface area contributed by atoms with Gasteiger partial charge in [0.1, 0.15) is 0 Å². The predicted molar refractivity (Wildman–Crippen MR) is 106 cm³/mol. The number of aryl methyl sites for hydroxylation is 1. The van der Waals surface area contributed by atoms with E-state index in [4.69, 9.17) is 0 Å². The van der Waals surface area contributed by atoms with Crippen LogP contribution in [-0.2, 0) is 0 Å². The topological polar surface area (TPSA) is 50.2 Å². The van der Waals surface area contributed by atoms with Crippen molar-refractivity contribution >= 4 is 17.3 Å². The van der Waals surface area contributed by atoms with Gasteiger partial charge in [-0.15, -0.1) is 0 Å². The molecule has 1 heterocycles. The zero-order valence-electron chi connectivity index (χ0n) is 15.4. The third kappa shape index (κ3) is 3.77. The number of nitrogens with one attached hydrogen (secondary N) is 1. The van der Waals surface area contributed by atoms with Crippen LogP contribution in [0.25, 0.3) is 5.69 Å². The number of hydrogen-bond acceptors (Lipinski definition) is 3. The fourth-order valence-corrected chi connectivity index (χ4v) is 2.94. The van der Waals surface area contributed by atoms with Gasteiger partial charge < -0.3 is 10.2 Å². The quantitative estimate of drug-likeness (QED) is 0.723. The molecule has 0 aliphatic rings. The number of hydrogen-bond donors (Lipinski definition) is 1. The van der Waals surface area contributed by atoms with Gasteiger partial charge in [0.2, 0.25) is 0 Å². The maximum Gasteiger partial charge on any atom is 0.258 e. The summed E-state index contributed by atoms with van der Waals surface area (Å²) in [6.45, 7) is 8.20. The highest BCUT2D eigenvalue weighted by atomic mass is 16.1. The number of amides is 1. The van der Waals surface area contributed by atoms with Crippen molar-refractivity contribution in [3.8, 4) is 5.69 Å². The van der Waals surface area contributed by atoms with Gasteiger partial charge in [-0.3, -0.25) is 4.79 Å². The molecule has 134 valence electrons. The lowest BCUT2D eigenvalue weighted by Gasteiger charge is -2.21. The van der Waals surface area contributed by atoms with Gasteiger partial charge >= 0.3 is 0 Å². The highest BCUT2D eigenvalue weighted by molar-refractivity contribution is 6.04. The van der Waals surface area contributed by atoms with Crippen molar-refractivity contribution < 1.29 is 4.79 Å². The van der Waals surface area contributed by atoms with Crippen molar-refractivity contribution in [2.45, 2.75) is 20.8 Å². The van der Waals surface area contributed by atoms with Crippen LogP contribution in [0.2, 0.25) is 0 Å². The second-order valence-electron chi connectivity index (χ2n) is 6.13. The molecule has 0 saturated heterocycles. The van der Waals surface area contributed by atoms with Crippen LogP contribution in [0, 0.1) is 6.92 Å². The third-order valence-corrected chi connectivity index (χ3v) is 4.46. The smallest absolute Gasteiger partial charge is 0.258 e. The number of carbonyl (C=O) groups excluding carboxylic acids is 1. The van der Waals surface area contributed by atoms with E-state index in [9.17, 15) is 4.79 Å². The summed E-state index contributed by atoms with van der Waals surface area (Å²) in [6, 6.07) is 15.9. The Labute approximate surface area is 154 Å². The molecule has 0 bridgehead atoms. The van der Waals surface area contributed by atoms with Crippen LogP contribution in [0.4, 0.5) is 11.4 Å². The van der Waals surface area contributed by atoms with Crippen LogP contribution < -0.4 is 10.2 Å². The second kappa shape index (κ2) is 7.87. The average molecular weight is 348 g/mol. The van der Waals surface area contributed by atoms with Crippen molar-refractivity contribution in [3.63, 3.8) is 0 Å². The molecule has 0 aliphatic carbocycles. The summed E-state index contributed by atoms with van der Waals surface area (Å²) in [5.41, 5.74) is 4.53. The van der Waals surface area contributed by atoms with Gasteiger partial charge in [-0.05, 0) is 56.7 Å². The first-order chi connectivity index (χ1) is 12.6. The summed E-state index contributed by atoms with van der Waals surface area (Å²) < 4.78 is 1.73. The van der Waals surface area contributed by atoms with E-state index < -0.39 is 0 Å². The fourth-order valence-electron chi connectivity index (χ4n) is 2.94. The normalized spacial score (nSPS) is 10.6. The molecular formula is C21H24N4O. The molecule has 5 nitrogen and oxygen atoms in total. The van der Waals surface area contributed by atoms with Crippen molar-refractivity contribution in [1.29, 1.82) is 0 Å². The van der Waals surface area contributed by atoms with E-state index in [0.717, 1.165) is 35.7 Å². The Morgan fingerprint density at radius 2 is 1.77 bits per heavy atom. The lowest BCUT2D eigenvalue weighted by Crippen LogP contribution is -2.21. The highest BCUT2D eigenvalue weighted by Crippen LogP contribution is 2.19. The maximum atomic E-state index is 12.5. The standard InChI is InChI=1S/C21H24N4O/c1-4-24(5-2)19-12-10-18(11-13-19)23-21(26)17-14-22-25(15-17)20-9-7-6-8-16(20)3/h6-15H,4-5H2,1-3H3,(H,23,26). The Hall–Kier alpha value is -3.08. The summed E-state index contributed by atoms with van der Waals surface area (Å²) in [5, 5.41) is 7.25. The van der Waals surface area contributed by atoms with E-state index in [1.54, 1.807) is 17.1 Å². The average Bonchev–Trinajstić information content (AvgIpc) is 3.14. The Bertz CT molecular complexity index is 879. The Morgan fingerprint density at radius 3 is 2.42 bits per heavy atom. The molecule has 0 radical (unpaired) electrons. The Balaban J connectivity index is 1.72. The number of para-hydroxylation sites is 1. The van der Waals surface area contributed by atoms with Crippen LogP contribution in [0.15, 0.2) is 60.9 Å². The van der Waals surface area contributed by atoms with E-state index in [1.807, 2.05) is 55.5 Å². The molecule has 1 N–H and O–H groups in total. The molecule has 1 amide bonds. The molecule has 3 aromatic rings. The third-order valence-electron chi connectivity index (χ3n) is 4.46. The Kier molecular flexibility index (Phi) is 5.37. The molecule has 0 saturated carbocycles. The van der Waals surface area contributed by atoms with Crippen LogP contribution in [0.5, 0.6) is 0 Å². The SMILES string of the molecule is CCN(CC)c1ccc(NC(=O)c2cnn(-c3ccccc3C)c2)cc1. The molecular weight excluding hydrogens is 324 g/mol. The van der Waals surface area contributed by atoms with Gasteiger partial charge in [-0.25, -0.2) is 4.68 Å². The van der Waals surface area contributed by atoms with Crippen molar-refractivity contribution in [2.24, 2.45) is 0 Å². The zero-order chi connectivity index (χ0) is 18.5. The summed E-state index contributed by atoms with van der Waals surface area (Å²) in [6.07, 6.45) is 3.34. The van der Waals surface area contributed by atoms with E-state index in [1.165, 1.54) is 0 Å². The van der Waals surface area contributed by atoms with Gasteiger partial charge in [0.25, 0.3) is 5.91 Å². The summed E-state index contributed by atoms with van der Waals surface area (Å²) in [4.78, 5) is 14.8.